The molecule has 5 heteroatoms. The number of hydrogen-bond donors (Lipinski definition) is 0. The number of para-hydroxylation sites is 2. The number of fused-ring (bicyclic) bond motifs is 4. The van der Waals surface area contributed by atoms with E-state index in [1.807, 2.05) is 43.9 Å². The Morgan fingerprint density at radius 3 is 2.73 bits per heavy atom. The number of aromatic nitrogens is 1. The van der Waals surface area contributed by atoms with Gasteiger partial charge in [-0.3, -0.25) is 0 Å². The Kier molecular flexibility index (Phi) is 3.79. The van der Waals surface area contributed by atoms with Gasteiger partial charge in [0.25, 0.3) is 0 Å². The van der Waals surface area contributed by atoms with Crippen molar-refractivity contribution in [2.75, 3.05) is 6.54 Å². The molecule has 1 amide bonds. The quantitative estimate of drug-likeness (QED) is 0.700. The third-order valence-corrected chi connectivity index (χ3v) is 5.19. The monoisotopic (exact) mass is 354 g/mol. The summed E-state index contributed by atoms with van der Waals surface area (Å²) in [5.41, 5.74) is 1.34. The number of ether oxygens (including phenoxy) is 2. The Morgan fingerprint density at radius 2 is 2.00 bits per heavy atom. The molecular weight excluding hydrogens is 328 g/mol. The molecule has 1 saturated heterocycles. The van der Waals surface area contributed by atoms with E-state index in [0.29, 0.717) is 6.54 Å². The summed E-state index contributed by atoms with van der Waals surface area (Å²) in [6, 6.07) is 12.3. The Morgan fingerprint density at radius 1 is 1.23 bits per heavy atom. The number of amides is 1. The molecule has 2 aliphatic rings. The van der Waals surface area contributed by atoms with Crippen molar-refractivity contribution in [3.05, 3.63) is 48.3 Å². The van der Waals surface area contributed by atoms with Gasteiger partial charge in [-0.2, -0.15) is 0 Å². The van der Waals surface area contributed by atoms with Gasteiger partial charge >= 0.3 is 6.09 Å². The lowest BCUT2D eigenvalue weighted by Crippen LogP contribution is -2.54. The van der Waals surface area contributed by atoms with Gasteiger partial charge in [-0.25, -0.2) is 4.79 Å². The molecule has 1 aromatic carbocycles. The summed E-state index contributed by atoms with van der Waals surface area (Å²) in [5.74, 6) is 0.897. The summed E-state index contributed by atoms with van der Waals surface area (Å²) in [6.07, 6.45) is 3.33. The SMILES string of the molecule is CC1CC2(CCN1C(=O)OC(C)(C)C)Oc1ccccc1-n1cccc12. The van der Waals surface area contributed by atoms with Gasteiger partial charge < -0.3 is 18.9 Å². The zero-order chi connectivity index (χ0) is 18.5. The van der Waals surface area contributed by atoms with Gasteiger partial charge in [0.2, 0.25) is 0 Å². The molecule has 2 unspecified atom stereocenters. The molecule has 1 spiro atoms. The predicted molar refractivity (Wildman–Crippen MR) is 99.7 cm³/mol. The fourth-order valence-corrected chi connectivity index (χ4v) is 4.10. The van der Waals surface area contributed by atoms with E-state index < -0.39 is 11.2 Å². The average molecular weight is 354 g/mol. The van der Waals surface area contributed by atoms with Crippen LogP contribution in [0.4, 0.5) is 4.79 Å². The predicted octanol–water partition coefficient (Wildman–Crippen LogP) is 4.48. The first-order chi connectivity index (χ1) is 12.3. The summed E-state index contributed by atoms with van der Waals surface area (Å²) in [6.45, 7) is 8.38. The second kappa shape index (κ2) is 5.79. The van der Waals surface area contributed by atoms with Crippen LogP contribution < -0.4 is 4.74 Å². The molecule has 2 aromatic rings. The number of carbonyl (C=O) groups is 1. The highest BCUT2D eigenvalue weighted by Crippen LogP contribution is 2.46. The number of piperidine rings is 1. The Bertz CT molecular complexity index is 836. The van der Waals surface area contributed by atoms with E-state index in [4.69, 9.17) is 9.47 Å². The highest BCUT2D eigenvalue weighted by Gasteiger charge is 2.47. The minimum absolute atomic E-state index is 0.0345. The second-order valence-corrected chi connectivity index (χ2v) is 8.30. The van der Waals surface area contributed by atoms with Crippen LogP contribution in [0.2, 0.25) is 0 Å². The molecular formula is C21H26N2O3. The van der Waals surface area contributed by atoms with Crippen LogP contribution in [0.3, 0.4) is 0 Å². The Hall–Kier alpha value is -2.43. The van der Waals surface area contributed by atoms with Gasteiger partial charge in [-0.15, -0.1) is 0 Å². The number of benzene rings is 1. The van der Waals surface area contributed by atoms with Crippen LogP contribution >= 0.6 is 0 Å². The highest BCUT2D eigenvalue weighted by atomic mass is 16.6. The molecule has 0 radical (unpaired) electrons. The topological polar surface area (TPSA) is 43.7 Å². The number of rotatable bonds is 0. The lowest BCUT2D eigenvalue weighted by molar-refractivity contribution is -0.0459. The van der Waals surface area contributed by atoms with Crippen molar-refractivity contribution in [1.82, 2.24) is 9.47 Å². The zero-order valence-corrected chi connectivity index (χ0v) is 15.9. The van der Waals surface area contributed by atoms with Crippen LogP contribution in [0, 0.1) is 0 Å². The molecule has 4 rings (SSSR count). The van der Waals surface area contributed by atoms with Gasteiger partial charge in [0.05, 0.1) is 11.4 Å². The second-order valence-electron chi connectivity index (χ2n) is 8.30. The van der Waals surface area contributed by atoms with Crippen molar-refractivity contribution < 1.29 is 14.3 Å². The molecule has 0 saturated carbocycles. The smallest absolute Gasteiger partial charge is 0.410 e. The summed E-state index contributed by atoms with van der Waals surface area (Å²) in [5, 5.41) is 0. The van der Waals surface area contributed by atoms with Crippen LogP contribution in [-0.2, 0) is 10.3 Å². The largest absolute Gasteiger partial charge is 0.479 e. The van der Waals surface area contributed by atoms with Crippen LogP contribution in [0.5, 0.6) is 5.75 Å². The molecule has 2 atom stereocenters. The third-order valence-electron chi connectivity index (χ3n) is 5.19. The van der Waals surface area contributed by atoms with Crippen molar-refractivity contribution >= 4 is 6.09 Å². The average Bonchev–Trinajstić information content (AvgIpc) is 3.04. The van der Waals surface area contributed by atoms with Crippen molar-refractivity contribution in [2.24, 2.45) is 0 Å². The van der Waals surface area contributed by atoms with Crippen LogP contribution in [-0.4, -0.2) is 33.7 Å². The van der Waals surface area contributed by atoms with E-state index in [0.717, 1.165) is 30.0 Å². The molecule has 0 N–H and O–H groups in total. The van der Waals surface area contributed by atoms with Crippen LogP contribution in [0.25, 0.3) is 5.69 Å². The number of hydrogen-bond acceptors (Lipinski definition) is 3. The highest BCUT2D eigenvalue weighted by molar-refractivity contribution is 5.69. The van der Waals surface area contributed by atoms with Crippen molar-refractivity contribution in [2.45, 2.75) is 57.8 Å². The van der Waals surface area contributed by atoms with E-state index in [2.05, 4.69) is 35.9 Å². The maximum atomic E-state index is 12.5. The lowest BCUT2D eigenvalue weighted by atomic mass is 9.83. The Balaban J connectivity index is 1.62. The standard InChI is InChI=1S/C21H26N2O3/c1-15-14-21(11-13-22(15)19(24)26-20(2,3)4)18-10-7-12-23(18)16-8-5-6-9-17(16)25-21/h5-10,12,15H,11,13-14H2,1-4H3. The number of nitrogens with zero attached hydrogens (tertiary/aromatic N) is 2. The molecule has 5 nitrogen and oxygen atoms in total. The molecule has 1 aromatic heterocycles. The van der Waals surface area contributed by atoms with E-state index in [9.17, 15) is 4.79 Å². The summed E-state index contributed by atoms with van der Waals surface area (Å²) < 4.78 is 14.3. The fourth-order valence-electron chi connectivity index (χ4n) is 4.10. The summed E-state index contributed by atoms with van der Waals surface area (Å²) in [7, 11) is 0. The van der Waals surface area contributed by atoms with E-state index >= 15 is 0 Å². The van der Waals surface area contributed by atoms with Crippen molar-refractivity contribution in [3.8, 4) is 11.4 Å². The first-order valence-electron chi connectivity index (χ1n) is 9.25. The first kappa shape index (κ1) is 17.0. The van der Waals surface area contributed by atoms with Gasteiger partial charge in [0, 0.05) is 31.6 Å². The minimum atomic E-state index is -0.485. The van der Waals surface area contributed by atoms with E-state index in [-0.39, 0.29) is 12.1 Å². The van der Waals surface area contributed by atoms with Crippen molar-refractivity contribution in [3.63, 3.8) is 0 Å². The van der Waals surface area contributed by atoms with Gasteiger partial charge in [0.15, 0.2) is 5.60 Å². The van der Waals surface area contributed by atoms with Crippen LogP contribution in [0.15, 0.2) is 42.6 Å². The van der Waals surface area contributed by atoms with E-state index in [1.54, 1.807) is 0 Å². The minimum Gasteiger partial charge on any atom is -0.479 e. The number of carbonyl (C=O) groups excluding carboxylic acids is 1. The van der Waals surface area contributed by atoms with Gasteiger partial charge in [-0.1, -0.05) is 12.1 Å². The zero-order valence-electron chi connectivity index (χ0n) is 15.9. The summed E-state index contributed by atoms with van der Waals surface area (Å²) in [4.78, 5) is 14.4. The fraction of sp³-hybridized carbons (Fsp3) is 0.476. The third kappa shape index (κ3) is 2.75. The molecule has 0 aliphatic carbocycles. The van der Waals surface area contributed by atoms with Crippen LogP contribution in [0.1, 0.15) is 46.2 Å². The first-order valence-corrected chi connectivity index (χ1v) is 9.25. The maximum Gasteiger partial charge on any atom is 0.410 e. The maximum absolute atomic E-state index is 12.5. The van der Waals surface area contributed by atoms with Gasteiger partial charge in [-0.05, 0) is 52.0 Å². The molecule has 3 heterocycles. The lowest BCUT2D eigenvalue weighted by Gasteiger charge is -2.47. The molecule has 138 valence electrons. The molecule has 2 aliphatic heterocycles. The normalized spacial score (nSPS) is 24.6. The molecule has 0 bridgehead atoms. The Labute approximate surface area is 154 Å². The number of likely N-dealkylation sites (tertiary alicyclic amines) is 1. The van der Waals surface area contributed by atoms with Gasteiger partial charge in [0.1, 0.15) is 11.4 Å². The summed E-state index contributed by atoms with van der Waals surface area (Å²) >= 11 is 0. The van der Waals surface area contributed by atoms with E-state index in [1.165, 1.54) is 0 Å². The molecule has 26 heavy (non-hydrogen) atoms. The molecule has 1 fully saturated rings. The van der Waals surface area contributed by atoms with Crippen molar-refractivity contribution in [1.29, 1.82) is 0 Å².